The lowest BCUT2D eigenvalue weighted by atomic mass is 9.81. The highest BCUT2D eigenvalue weighted by molar-refractivity contribution is 6.30. The summed E-state index contributed by atoms with van der Waals surface area (Å²) in [4.78, 5) is 25.9. The van der Waals surface area contributed by atoms with Gasteiger partial charge < -0.3 is 15.4 Å². The molecule has 0 radical (unpaired) electrons. The molecule has 1 aliphatic rings. The molecule has 0 fully saturated rings. The number of methoxy groups -OCH3 is 1. The van der Waals surface area contributed by atoms with Gasteiger partial charge in [-0.05, 0) is 48.9 Å². The number of ether oxygens (including phenoxy) is 1. The summed E-state index contributed by atoms with van der Waals surface area (Å²) >= 11 is 5.90. The van der Waals surface area contributed by atoms with Gasteiger partial charge in [0, 0.05) is 29.1 Å². The molecule has 7 nitrogen and oxygen atoms in total. The number of hydrogen-bond acceptors (Lipinski definition) is 4. The van der Waals surface area contributed by atoms with Crippen molar-refractivity contribution in [2.45, 2.75) is 18.9 Å². The number of carbonyl (C=O) groups is 2. The van der Waals surface area contributed by atoms with Crippen molar-refractivity contribution in [2.75, 3.05) is 12.4 Å². The number of aryl methyl sites for hydroxylation is 2. The maximum atomic E-state index is 14.5. The number of rotatable bonds is 4. The summed E-state index contributed by atoms with van der Waals surface area (Å²) in [5, 5.41) is 10.5. The monoisotopic (exact) mass is 442 g/mol. The molecular weight excluding hydrogens is 423 g/mol. The molecule has 0 saturated heterocycles. The molecule has 2 amide bonds. The minimum atomic E-state index is -0.980. The van der Waals surface area contributed by atoms with Gasteiger partial charge >= 0.3 is 0 Å². The number of benzene rings is 2. The average molecular weight is 443 g/mol. The maximum Gasteiger partial charge on any atom is 0.251 e. The third kappa shape index (κ3) is 3.74. The quantitative estimate of drug-likeness (QED) is 0.648. The Hall–Kier alpha value is -3.39. The van der Waals surface area contributed by atoms with Gasteiger partial charge in [-0.25, -0.2) is 4.39 Å². The van der Waals surface area contributed by atoms with Crippen LogP contribution in [-0.2, 0) is 11.8 Å². The van der Waals surface area contributed by atoms with Crippen molar-refractivity contribution in [3.05, 3.63) is 75.7 Å². The lowest BCUT2D eigenvalue weighted by Crippen LogP contribution is -2.50. The van der Waals surface area contributed by atoms with Crippen molar-refractivity contribution >= 4 is 29.2 Å². The van der Waals surface area contributed by atoms with E-state index in [1.165, 1.54) is 19.2 Å². The second-order valence-electron chi connectivity index (χ2n) is 7.29. The molecule has 2 N–H and O–H groups in total. The van der Waals surface area contributed by atoms with Crippen LogP contribution in [-0.4, -0.2) is 34.7 Å². The number of carbonyl (C=O) groups excluding carboxylic acids is 2. The van der Waals surface area contributed by atoms with E-state index in [0.717, 1.165) is 0 Å². The zero-order chi connectivity index (χ0) is 22.3. The van der Waals surface area contributed by atoms with Crippen LogP contribution in [0.1, 0.15) is 33.1 Å². The second-order valence-corrected chi connectivity index (χ2v) is 7.73. The van der Waals surface area contributed by atoms with Crippen LogP contribution in [0.5, 0.6) is 5.75 Å². The predicted molar refractivity (Wildman–Crippen MR) is 114 cm³/mol. The fraction of sp³-hybridized carbons (Fsp3) is 0.227. The summed E-state index contributed by atoms with van der Waals surface area (Å²) in [6.45, 7) is 1.81. The molecule has 160 valence electrons. The topological polar surface area (TPSA) is 85.2 Å². The SMILES string of the molecule is COc1ccc([C@H]2c3c(C)nn(C)c3NC(=O)[C@@H]2NC(=O)c2ccc(Cl)cc2)cc1F. The Bertz CT molecular complexity index is 1180. The van der Waals surface area contributed by atoms with Gasteiger partial charge in [-0.3, -0.25) is 14.3 Å². The fourth-order valence-corrected chi connectivity index (χ4v) is 4.04. The van der Waals surface area contributed by atoms with E-state index in [2.05, 4.69) is 15.7 Å². The Morgan fingerprint density at radius 1 is 1.26 bits per heavy atom. The standard InChI is InChI=1S/C22H20ClFN4O3/c1-11-17-18(13-6-9-16(31-3)15(24)10-13)19(22(30)26-20(17)28(2)27-11)25-21(29)12-4-7-14(23)8-5-12/h4-10,18-19H,1-3H3,(H,25,29)(H,26,30)/t18-,19+/m0/s1. The number of anilines is 1. The van der Waals surface area contributed by atoms with E-state index in [9.17, 15) is 14.0 Å². The first-order chi connectivity index (χ1) is 14.8. The minimum Gasteiger partial charge on any atom is -0.494 e. The summed E-state index contributed by atoms with van der Waals surface area (Å²) in [7, 11) is 3.09. The summed E-state index contributed by atoms with van der Waals surface area (Å²) in [5.41, 5.74) is 2.26. The van der Waals surface area contributed by atoms with Gasteiger partial charge in [-0.2, -0.15) is 5.10 Å². The number of nitrogens with zero attached hydrogens (tertiary/aromatic N) is 2. The van der Waals surface area contributed by atoms with Crippen LogP contribution in [0.4, 0.5) is 10.2 Å². The number of amides is 2. The summed E-state index contributed by atoms with van der Waals surface area (Å²) in [6.07, 6.45) is 0. The van der Waals surface area contributed by atoms with Crippen LogP contribution in [0.15, 0.2) is 42.5 Å². The van der Waals surface area contributed by atoms with Crippen LogP contribution in [0, 0.1) is 12.7 Å². The predicted octanol–water partition coefficient (Wildman–Crippen LogP) is 3.41. The van der Waals surface area contributed by atoms with Crippen LogP contribution in [0.25, 0.3) is 0 Å². The van der Waals surface area contributed by atoms with Crippen LogP contribution < -0.4 is 15.4 Å². The van der Waals surface area contributed by atoms with E-state index in [4.69, 9.17) is 16.3 Å². The number of hydrogen-bond donors (Lipinski definition) is 2. The number of aromatic nitrogens is 2. The van der Waals surface area contributed by atoms with Gasteiger partial charge in [0.2, 0.25) is 5.91 Å². The zero-order valence-corrected chi connectivity index (χ0v) is 17.8. The fourth-order valence-electron chi connectivity index (χ4n) is 3.92. The molecule has 2 aromatic carbocycles. The van der Waals surface area contributed by atoms with E-state index in [-0.39, 0.29) is 5.75 Å². The van der Waals surface area contributed by atoms with Crippen LogP contribution in [0.3, 0.4) is 0 Å². The Labute approximate surface area is 183 Å². The van der Waals surface area contributed by atoms with Crippen molar-refractivity contribution in [1.29, 1.82) is 0 Å². The normalized spacial score (nSPS) is 17.6. The highest BCUT2D eigenvalue weighted by Crippen LogP contribution is 2.40. The molecule has 2 heterocycles. The molecule has 1 aromatic heterocycles. The smallest absolute Gasteiger partial charge is 0.251 e. The van der Waals surface area contributed by atoms with E-state index in [1.807, 2.05) is 0 Å². The van der Waals surface area contributed by atoms with E-state index in [1.54, 1.807) is 49.0 Å². The van der Waals surface area contributed by atoms with E-state index in [0.29, 0.717) is 33.2 Å². The molecule has 4 rings (SSSR count). The molecule has 0 aliphatic carbocycles. The van der Waals surface area contributed by atoms with Gasteiger partial charge in [-0.1, -0.05) is 17.7 Å². The molecule has 0 spiro atoms. The van der Waals surface area contributed by atoms with Gasteiger partial charge in [0.1, 0.15) is 11.9 Å². The molecule has 0 saturated carbocycles. The second kappa shape index (κ2) is 8.03. The zero-order valence-electron chi connectivity index (χ0n) is 17.1. The number of fused-ring (bicyclic) bond motifs is 1. The lowest BCUT2D eigenvalue weighted by Gasteiger charge is -2.32. The van der Waals surface area contributed by atoms with E-state index >= 15 is 0 Å². The van der Waals surface area contributed by atoms with Crippen LogP contribution >= 0.6 is 11.6 Å². The Morgan fingerprint density at radius 3 is 2.61 bits per heavy atom. The third-order valence-electron chi connectivity index (χ3n) is 5.36. The first-order valence-electron chi connectivity index (χ1n) is 9.54. The molecule has 0 bridgehead atoms. The largest absolute Gasteiger partial charge is 0.494 e. The van der Waals surface area contributed by atoms with Gasteiger partial charge in [0.05, 0.1) is 12.8 Å². The Balaban J connectivity index is 1.79. The molecule has 3 aromatic rings. The first kappa shape index (κ1) is 20.9. The van der Waals surface area contributed by atoms with Crippen molar-refractivity contribution in [3.8, 4) is 5.75 Å². The van der Waals surface area contributed by atoms with Gasteiger partial charge in [0.15, 0.2) is 11.6 Å². The Kier molecular flexibility index (Phi) is 5.41. The first-order valence-corrected chi connectivity index (χ1v) is 9.92. The average Bonchev–Trinajstić information content (AvgIpc) is 3.02. The van der Waals surface area contributed by atoms with E-state index < -0.39 is 29.6 Å². The molecule has 31 heavy (non-hydrogen) atoms. The molecular formula is C22H20ClFN4O3. The summed E-state index contributed by atoms with van der Waals surface area (Å²) in [6, 6.07) is 9.85. The molecule has 0 unspecified atom stereocenters. The number of nitrogens with one attached hydrogen (secondary N) is 2. The minimum absolute atomic E-state index is 0.0916. The number of halogens is 2. The molecule has 2 atom stereocenters. The highest BCUT2D eigenvalue weighted by Gasteiger charge is 2.41. The van der Waals surface area contributed by atoms with Crippen molar-refractivity contribution < 1.29 is 18.7 Å². The lowest BCUT2D eigenvalue weighted by molar-refractivity contribution is -0.118. The summed E-state index contributed by atoms with van der Waals surface area (Å²) in [5.74, 6) is -1.46. The highest BCUT2D eigenvalue weighted by atomic mass is 35.5. The van der Waals surface area contributed by atoms with Crippen molar-refractivity contribution in [3.63, 3.8) is 0 Å². The molecule has 1 aliphatic heterocycles. The van der Waals surface area contributed by atoms with Crippen LogP contribution in [0.2, 0.25) is 5.02 Å². The Morgan fingerprint density at radius 2 is 1.97 bits per heavy atom. The maximum absolute atomic E-state index is 14.5. The van der Waals surface area contributed by atoms with Crippen molar-refractivity contribution in [1.82, 2.24) is 15.1 Å². The summed E-state index contributed by atoms with van der Waals surface area (Å²) < 4.78 is 21.1. The molecule has 9 heteroatoms. The van der Waals surface area contributed by atoms with Gasteiger partial charge in [-0.15, -0.1) is 0 Å². The third-order valence-corrected chi connectivity index (χ3v) is 5.62. The van der Waals surface area contributed by atoms with Gasteiger partial charge in [0.25, 0.3) is 5.91 Å². The van der Waals surface area contributed by atoms with Crippen molar-refractivity contribution in [2.24, 2.45) is 7.05 Å².